The number of fused-ring (bicyclic) bond motifs is 1. The lowest BCUT2D eigenvalue weighted by Crippen LogP contribution is -2.43. The highest BCUT2D eigenvalue weighted by molar-refractivity contribution is 5.84. The number of carbonyl (C=O) groups excluding carboxylic acids is 1. The molecule has 1 aromatic heterocycles. The van der Waals surface area contributed by atoms with E-state index in [-0.39, 0.29) is 0 Å². The van der Waals surface area contributed by atoms with Crippen LogP contribution < -0.4 is 10.4 Å². The molecule has 7 heteroatoms. The molecule has 0 aliphatic carbocycles. The molecule has 0 saturated heterocycles. The second-order valence-corrected chi connectivity index (χ2v) is 9.51. The number of rotatable bonds is 7. The maximum Gasteiger partial charge on any atom is 0.426 e. The van der Waals surface area contributed by atoms with Crippen LogP contribution in [-0.4, -0.2) is 34.8 Å². The average Bonchev–Trinajstić information content (AvgIpc) is 2.76. The van der Waals surface area contributed by atoms with Crippen LogP contribution in [0.25, 0.3) is 17.0 Å². The third-order valence-electron chi connectivity index (χ3n) is 5.25. The number of benzene rings is 2. The van der Waals surface area contributed by atoms with Gasteiger partial charge < -0.3 is 9.84 Å². The van der Waals surface area contributed by atoms with Gasteiger partial charge in [0.1, 0.15) is 11.4 Å². The van der Waals surface area contributed by atoms with Gasteiger partial charge in [-0.05, 0) is 63.4 Å². The Labute approximate surface area is 200 Å². The minimum Gasteiger partial charge on any atom is -0.481 e. The van der Waals surface area contributed by atoms with E-state index in [9.17, 15) is 14.7 Å². The van der Waals surface area contributed by atoms with Crippen LogP contribution in [0.2, 0.25) is 0 Å². The van der Waals surface area contributed by atoms with Crippen LogP contribution in [0, 0.1) is 5.41 Å². The largest absolute Gasteiger partial charge is 0.481 e. The Hall–Kier alpha value is -3.87. The van der Waals surface area contributed by atoms with E-state index < -0.39 is 23.1 Å². The first kappa shape index (κ1) is 24.8. The molecule has 0 bridgehead atoms. The first-order valence-corrected chi connectivity index (χ1v) is 11.1. The van der Waals surface area contributed by atoms with Crippen molar-refractivity contribution in [2.75, 3.05) is 12.1 Å². The Kier molecular flexibility index (Phi) is 7.25. The molecule has 7 nitrogen and oxygen atoms in total. The average molecular weight is 462 g/mol. The first-order chi connectivity index (χ1) is 15.9. The van der Waals surface area contributed by atoms with Gasteiger partial charge in [-0.25, -0.2) is 15.2 Å². The fourth-order valence-corrected chi connectivity index (χ4v) is 3.41. The Bertz CT molecular complexity index is 1200. The number of pyridine rings is 1. The summed E-state index contributed by atoms with van der Waals surface area (Å²) in [5.41, 5.74) is 3.50. The fraction of sp³-hybridized carbons (Fsp3) is 0.296. The van der Waals surface area contributed by atoms with Gasteiger partial charge in [0.05, 0.1) is 10.9 Å². The normalized spacial score (nSPS) is 13.4. The van der Waals surface area contributed by atoms with E-state index in [4.69, 9.17) is 4.74 Å². The van der Waals surface area contributed by atoms with Gasteiger partial charge in [-0.15, -0.1) is 0 Å². The van der Waals surface area contributed by atoms with Crippen molar-refractivity contribution < 1.29 is 19.4 Å². The summed E-state index contributed by atoms with van der Waals surface area (Å²) in [6, 6.07) is 19.0. The predicted octanol–water partition coefficient (Wildman–Crippen LogP) is 5.46. The molecule has 3 rings (SSSR count). The fourth-order valence-electron chi connectivity index (χ4n) is 3.41. The molecule has 0 aliphatic rings. The lowest BCUT2D eigenvalue weighted by atomic mass is 9.83. The first-order valence-electron chi connectivity index (χ1n) is 11.1. The Balaban J connectivity index is 1.81. The van der Waals surface area contributed by atoms with Gasteiger partial charge in [0.2, 0.25) is 0 Å². The number of ether oxygens (including phenoxy) is 1. The molecular weight excluding hydrogens is 430 g/mol. The summed E-state index contributed by atoms with van der Waals surface area (Å²) in [4.78, 5) is 28.7. The smallest absolute Gasteiger partial charge is 0.426 e. The van der Waals surface area contributed by atoms with Crippen LogP contribution in [0.4, 0.5) is 10.6 Å². The topological polar surface area (TPSA) is 91.8 Å². The van der Waals surface area contributed by atoms with Crippen LogP contribution in [0.3, 0.4) is 0 Å². The van der Waals surface area contributed by atoms with Gasteiger partial charge in [0.15, 0.2) is 0 Å². The summed E-state index contributed by atoms with van der Waals surface area (Å²) in [6.07, 6.45) is 3.35. The van der Waals surface area contributed by atoms with Crippen molar-refractivity contribution in [3.05, 3.63) is 77.9 Å². The van der Waals surface area contributed by atoms with Crippen LogP contribution in [-0.2, 0) is 16.0 Å². The van der Waals surface area contributed by atoms with Crippen molar-refractivity contribution in [1.82, 2.24) is 10.4 Å². The number of nitrogens with zero attached hydrogens (tertiary/aromatic N) is 2. The number of carboxylic acid groups (broad SMARTS) is 1. The molecule has 34 heavy (non-hydrogen) atoms. The van der Waals surface area contributed by atoms with E-state index in [1.54, 1.807) is 46.9 Å². The van der Waals surface area contributed by atoms with Crippen molar-refractivity contribution in [2.24, 2.45) is 5.41 Å². The molecule has 0 unspecified atom stereocenters. The van der Waals surface area contributed by atoms with E-state index in [1.807, 2.05) is 60.7 Å². The molecule has 0 aliphatic heterocycles. The molecular formula is C27H31N3O4. The summed E-state index contributed by atoms with van der Waals surface area (Å²) in [7, 11) is 1.68. The third kappa shape index (κ3) is 6.57. The van der Waals surface area contributed by atoms with Gasteiger partial charge in [0.25, 0.3) is 0 Å². The maximum absolute atomic E-state index is 12.1. The highest BCUT2D eigenvalue weighted by atomic mass is 16.6. The lowest BCUT2D eigenvalue weighted by Gasteiger charge is -2.24. The predicted molar refractivity (Wildman–Crippen MR) is 134 cm³/mol. The molecule has 1 amide bonds. The molecule has 0 saturated carbocycles. The summed E-state index contributed by atoms with van der Waals surface area (Å²) in [5, 5.41) is 12.3. The van der Waals surface area contributed by atoms with E-state index >= 15 is 0 Å². The standard InChI is InChI=1S/C27H31N3O4/c1-26(2,3)34-25(33)29-30(5)23-14-13-21-12-11-19(17-22(21)28-23)15-16-27(4,24(31)32)18-20-9-7-6-8-10-20/h6-17H,18H2,1-5H3,(H,29,33)(H,31,32)/b16-15+/t27-/m0/s1. The Morgan fingerprint density at radius 3 is 2.38 bits per heavy atom. The number of anilines is 1. The number of nitrogens with one attached hydrogen (secondary N) is 1. The maximum atomic E-state index is 12.1. The van der Waals surface area contributed by atoms with E-state index in [0.717, 1.165) is 22.0 Å². The summed E-state index contributed by atoms with van der Waals surface area (Å²) < 4.78 is 5.29. The zero-order valence-corrected chi connectivity index (χ0v) is 20.2. The van der Waals surface area contributed by atoms with Gasteiger partial charge in [-0.1, -0.05) is 54.6 Å². The van der Waals surface area contributed by atoms with Crippen molar-refractivity contribution in [1.29, 1.82) is 0 Å². The van der Waals surface area contributed by atoms with Crippen LogP contribution in [0.15, 0.2) is 66.7 Å². The molecule has 2 aromatic carbocycles. The molecule has 1 atom stereocenters. The molecule has 0 fully saturated rings. The molecule has 2 N–H and O–H groups in total. The van der Waals surface area contributed by atoms with E-state index in [2.05, 4.69) is 10.4 Å². The second kappa shape index (κ2) is 9.95. The molecule has 0 spiro atoms. The summed E-state index contributed by atoms with van der Waals surface area (Å²) in [5.74, 6) is -0.345. The van der Waals surface area contributed by atoms with E-state index in [0.29, 0.717) is 12.2 Å². The van der Waals surface area contributed by atoms with Gasteiger partial charge in [0, 0.05) is 12.4 Å². The van der Waals surface area contributed by atoms with Crippen LogP contribution >= 0.6 is 0 Å². The number of hydrogen-bond donors (Lipinski definition) is 2. The monoisotopic (exact) mass is 461 g/mol. The summed E-state index contributed by atoms with van der Waals surface area (Å²) >= 11 is 0. The second-order valence-electron chi connectivity index (χ2n) is 9.51. The number of aliphatic carboxylic acids is 1. The number of hydrogen-bond acceptors (Lipinski definition) is 5. The number of hydrazine groups is 1. The zero-order valence-electron chi connectivity index (χ0n) is 20.2. The minimum atomic E-state index is -1.05. The lowest BCUT2D eigenvalue weighted by molar-refractivity contribution is -0.145. The molecule has 0 radical (unpaired) electrons. The van der Waals surface area contributed by atoms with Crippen molar-refractivity contribution in [2.45, 2.75) is 39.7 Å². The Morgan fingerprint density at radius 2 is 1.74 bits per heavy atom. The highest BCUT2D eigenvalue weighted by Gasteiger charge is 2.30. The molecule has 1 heterocycles. The van der Waals surface area contributed by atoms with E-state index in [1.165, 1.54) is 5.01 Å². The zero-order chi connectivity index (χ0) is 24.9. The van der Waals surface area contributed by atoms with Gasteiger partial charge in [-0.3, -0.25) is 9.80 Å². The molecule has 178 valence electrons. The van der Waals surface area contributed by atoms with Crippen molar-refractivity contribution in [3.63, 3.8) is 0 Å². The quantitative estimate of drug-likeness (QED) is 0.454. The number of aromatic nitrogens is 1. The Morgan fingerprint density at radius 1 is 1.06 bits per heavy atom. The number of amides is 1. The number of carboxylic acids is 1. The SMILES string of the molecule is CN(NC(=O)OC(C)(C)C)c1ccc2ccc(/C=C/[C@@](C)(Cc3ccccc3)C(=O)O)cc2n1. The highest BCUT2D eigenvalue weighted by Crippen LogP contribution is 2.27. The van der Waals surface area contributed by atoms with Gasteiger partial charge >= 0.3 is 12.1 Å². The van der Waals surface area contributed by atoms with Crippen molar-refractivity contribution >= 4 is 34.9 Å². The minimum absolute atomic E-state index is 0.386. The van der Waals surface area contributed by atoms with Crippen LogP contribution in [0.1, 0.15) is 38.8 Å². The summed E-state index contributed by atoms with van der Waals surface area (Å²) in [6.45, 7) is 7.11. The van der Waals surface area contributed by atoms with Crippen LogP contribution in [0.5, 0.6) is 0 Å². The number of carbonyl (C=O) groups is 2. The van der Waals surface area contributed by atoms with Crippen molar-refractivity contribution in [3.8, 4) is 0 Å². The third-order valence-corrected chi connectivity index (χ3v) is 5.25. The van der Waals surface area contributed by atoms with Gasteiger partial charge in [-0.2, -0.15) is 0 Å². The molecule has 3 aromatic rings.